The molecule has 1 unspecified atom stereocenters. The number of likely N-dealkylation sites (tertiary alicyclic amines) is 1. The fraction of sp³-hybridized carbons (Fsp3) is 0.379. The first-order valence-corrected chi connectivity index (χ1v) is 14.0. The third kappa shape index (κ3) is 5.67. The molecule has 0 amide bonds. The first-order chi connectivity index (χ1) is 16.8. The maximum atomic E-state index is 12.5. The van der Waals surface area contributed by atoms with Gasteiger partial charge in [0.25, 0.3) is 0 Å². The lowest BCUT2D eigenvalue weighted by atomic mass is 9.81. The van der Waals surface area contributed by atoms with Crippen LogP contribution in [-0.4, -0.2) is 45.5 Å². The fourth-order valence-corrected chi connectivity index (χ4v) is 6.40. The first kappa shape index (κ1) is 25.6. The minimum atomic E-state index is -3.46. The molecule has 4 rings (SSSR count). The van der Waals surface area contributed by atoms with Gasteiger partial charge in [0.1, 0.15) is 0 Å². The molecule has 3 N–H and O–H groups in total. The van der Waals surface area contributed by atoms with Crippen molar-refractivity contribution in [1.82, 2.24) is 9.62 Å². The normalized spacial score (nSPS) is 18.4. The lowest BCUT2D eigenvalue weighted by Crippen LogP contribution is -2.58. The SMILES string of the molecule is Cc1ccccc1S(=O)(=O)NCCCCN1CC(c2ccc(-c3cccc(C)c3C)cc2)[C@H]1CN. The number of aryl methyl sites for hydroxylation is 2. The molecule has 1 aliphatic heterocycles. The zero-order valence-electron chi connectivity index (χ0n) is 21.0. The van der Waals surface area contributed by atoms with Gasteiger partial charge >= 0.3 is 0 Å². The summed E-state index contributed by atoms with van der Waals surface area (Å²) in [5, 5.41) is 0. The van der Waals surface area contributed by atoms with Crippen molar-refractivity contribution in [3.05, 3.63) is 89.0 Å². The number of nitrogens with one attached hydrogen (secondary N) is 1. The van der Waals surface area contributed by atoms with Crippen LogP contribution in [0, 0.1) is 20.8 Å². The first-order valence-electron chi connectivity index (χ1n) is 12.5. The van der Waals surface area contributed by atoms with Crippen molar-refractivity contribution in [2.75, 3.05) is 26.2 Å². The monoisotopic (exact) mass is 491 g/mol. The van der Waals surface area contributed by atoms with Crippen LogP contribution >= 0.6 is 0 Å². The van der Waals surface area contributed by atoms with Crippen LogP contribution in [-0.2, 0) is 10.0 Å². The molecule has 1 aliphatic rings. The highest BCUT2D eigenvalue weighted by Gasteiger charge is 2.38. The summed E-state index contributed by atoms with van der Waals surface area (Å²) in [6, 6.07) is 22.8. The second-order valence-electron chi connectivity index (χ2n) is 9.64. The van der Waals surface area contributed by atoms with Crippen LogP contribution in [0.2, 0.25) is 0 Å². The zero-order valence-corrected chi connectivity index (χ0v) is 21.8. The van der Waals surface area contributed by atoms with Gasteiger partial charge in [-0.05, 0) is 79.6 Å². The molecule has 1 saturated heterocycles. The Labute approximate surface area is 210 Å². The molecule has 5 nitrogen and oxygen atoms in total. The number of nitrogens with two attached hydrogens (primary N) is 1. The van der Waals surface area contributed by atoms with E-state index in [4.69, 9.17) is 5.73 Å². The Bertz CT molecular complexity index is 1260. The summed E-state index contributed by atoms with van der Waals surface area (Å²) in [6.45, 7) is 9.16. The minimum Gasteiger partial charge on any atom is -0.329 e. The van der Waals surface area contributed by atoms with Gasteiger partial charge in [0.15, 0.2) is 0 Å². The van der Waals surface area contributed by atoms with Crippen molar-refractivity contribution in [2.45, 2.75) is 50.5 Å². The number of sulfonamides is 1. The molecule has 6 heteroatoms. The third-order valence-electron chi connectivity index (χ3n) is 7.41. The number of unbranched alkanes of at least 4 members (excludes halogenated alkanes) is 1. The zero-order chi connectivity index (χ0) is 25.0. The molecule has 1 heterocycles. The summed E-state index contributed by atoms with van der Waals surface area (Å²) in [5.74, 6) is 0.451. The number of nitrogens with zero attached hydrogens (tertiary/aromatic N) is 1. The Morgan fingerprint density at radius 2 is 1.63 bits per heavy atom. The summed E-state index contributed by atoms with van der Waals surface area (Å²) in [6.07, 6.45) is 1.74. The van der Waals surface area contributed by atoms with Crippen molar-refractivity contribution >= 4 is 10.0 Å². The van der Waals surface area contributed by atoms with Gasteiger partial charge in [0.05, 0.1) is 4.90 Å². The lowest BCUT2D eigenvalue weighted by molar-refractivity contribution is 0.0638. The Morgan fingerprint density at radius 3 is 2.34 bits per heavy atom. The highest BCUT2D eigenvalue weighted by molar-refractivity contribution is 7.89. The molecule has 2 atom stereocenters. The van der Waals surface area contributed by atoms with Crippen LogP contribution in [0.3, 0.4) is 0 Å². The molecule has 3 aromatic rings. The van der Waals surface area contributed by atoms with Crippen LogP contribution in [0.1, 0.15) is 41.0 Å². The van der Waals surface area contributed by atoms with E-state index < -0.39 is 10.0 Å². The standard InChI is InChI=1S/C29H37N3O2S/c1-21-10-8-11-26(23(21)3)24-13-15-25(16-14-24)27-20-32(28(27)19-30)18-7-6-17-31-35(33,34)29-12-5-4-9-22(29)2/h4-5,8-16,27-28,31H,6-7,17-20,30H2,1-3H3/t27?,28-/m1/s1. The van der Waals surface area contributed by atoms with Gasteiger partial charge in [-0.15, -0.1) is 0 Å². The number of hydrogen-bond donors (Lipinski definition) is 2. The molecular weight excluding hydrogens is 454 g/mol. The van der Waals surface area contributed by atoms with Crippen LogP contribution in [0.15, 0.2) is 71.6 Å². The van der Waals surface area contributed by atoms with Gasteiger partial charge in [-0.2, -0.15) is 0 Å². The molecule has 0 spiro atoms. The summed E-state index contributed by atoms with van der Waals surface area (Å²) >= 11 is 0. The van der Waals surface area contributed by atoms with E-state index >= 15 is 0 Å². The lowest BCUT2D eigenvalue weighted by Gasteiger charge is -2.48. The highest BCUT2D eigenvalue weighted by atomic mass is 32.2. The maximum absolute atomic E-state index is 12.5. The molecule has 0 aromatic heterocycles. The van der Waals surface area contributed by atoms with Crippen LogP contribution in [0.4, 0.5) is 0 Å². The van der Waals surface area contributed by atoms with Gasteiger partial charge in [0, 0.05) is 31.6 Å². The summed E-state index contributed by atoms with van der Waals surface area (Å²) < 4.78 is 27.8. The van der Waals surface area contributed by atoms with Crippen LogP contribution in [0.5, 0.6) is 0 Å². The van der Waals surface area contributed by atoms with Crippen molar-refractivity contribution in [3.63, 3.8) is 0 Å². The molecule has 3 aromatic carbocycles. The topological polar surface area (TPSA) is 75.4 Å². The van der Waals surface area contributed by atoms with E-state index in [1.807, 2.05) is 19.1 Å². The molecule has 0 aliphatic carbocycles. The Hall–Kier alpha value is -2.51. The number of rotatable bonds is 10. The van der Waals surface area contributed by atoms with Crippen molar-refractivity contribution in [3.8, 4) is 11.1 Å². The summed E-state index contributed by atoms with van der Waals surface area (Å²) in [7, 11) is -3.46. The predicted molar refractivity (Wildman–Crippen MR) is 144 cm³/mol. The van der Waals surface area contributed by atoms with E-state index in [2.05, 4.69) is 65.9 Å². The maximum Gasteiger partial charge on any atom is 0.240 e. The predicted octanol–water partition coefficient (Wildman–Crippen LogP) is 4.76. The van der Waals surface area contributed by atoms with E-state index in [0.717, 1.165) is 31.5 Å². The molecule has 0 radical (unpaired) electrons. The van der Waals surface area contributed by atoms with Crippen molar-refractivity contribution in [1.29, 1.82) is 0 Å². The van der Waals surface area contributed by atoms with Gasteiger partial charge in [-0.3, -0.25) is 4.90 Å². The average Bonchev–Trinajstić information content (AvgIpc) is 2.83. The van der Waals surface area contributed by atoms with Crippen molar-refractivity contribution in [2.24, 2.45) is 5.73 Å². The van der Waals surface area contributed by atoms with Crippen LogP contribution < -0.4 is 10.5 Å². The second-order valence-corrected chi connectivity index (χ2v) is 11.4. The van der Waals surface area contributed by atoms with Gasteiger partial charge in [-0.1, -0.05) is 60.7 Å². The molecular formula is C29H37N3O2S. The molecule has 0 saturated carbocycles. The quantitative estimate of drug-likeness (QED) is 0.401. The van der Waals surface area contributed by atoms with Gasteiger partial charge in [-0.25, -0.2) is 13.1 Å². The molecule has 186 valence electrons. The minimum absolute atomic E-state index is 0.338. The smallest absolute Gasteiger partial charge is 0.240 e. The second kappa shape index (κ2) is 11.0. The highest BCUT2D eigenvalue weighted by Crippen LogP contribution is 2.35. The number of benzene rings is 3. The van der Waals surface area contributed by atoms with E-state index in [9.17, 15) is 8.42 Å². The fourth-order valence-electron chi connectivity index (χ4n) is 5.08. The summed E-state index contributed by atoms with van der Waals surface area (Å²) in [5.41, 5.74) is 13.4. The van der Waals surface area contributed by atoms with E-state index in [0.29, 0.717) is 29.9 Å². The summed E-state index contributed by atoms with van der Waals surface area (Å²) in [4.78, 5) is 2.79. The van der Waals surface area contributed by atoms with E-state index in [-0.39, 0.29) is 0 Å². The average molecular weight is 492 g/mol. The largest absolute Gasteiger partial charge is 0.329 e. The van der Waals surface area contributed by atoms with E-state index in [1.54, 1.807) is 12.1 Å². The third-order valence-corrected chi connectivity index (χ3v) is 9.03. The Morgan fingerprint density at radius 1 is 0.914 bits per heavy atom. The Balaban J connectivity index is 1.26. The molecule has 1 fully saturated rings. The molecule has 35 heavy (non-hydrogen) atoms. The molecule has 0 bridgehead atoms. The Kier molecular flexibility index (Phi) is 8.07. The number of hydrogen-bond acceptors (Lipinski definition) is 4. The van der Waals surface area contributed by atoms with Crippen LogP contribution in [0.25, 0.3) is 11.1 Å². The van der Waals surface area contributed by atoms with Gasteiger partial charge < -0.3 is 5.73 Å². The van der Waals surface area contributed by atoms with E-state index in [1.165, 1.54) is 27.8 Å². The van der Waals surface area contributed by atoms with Gasteiger partial charge in [0.2, 0.25) is 10.0 Å². The van der Waals surface area contributed by atoms with Crippen molar-refractivity contribution < 1.29 is 8.42 Å².